The number of aliphatic imine (C=N–C) groups is 1. The molecule has 0 spiro atoms. The molecule has 1 atom stereocenters. The van der Waals surface area contributed by atoms with E-state index in [2.05, 4.69) is 27.1 Å². The number of rotatable bonds is 1. The Balaban J connectivity index is 2.01. The molecule has 15 heavy (non-hydrogen) atoms. The van der Waals surface area contributed by atoms with E-state index in [1.807, 2.05) is 6.21 Å². The van der Waals surface area contributed by atoms with E-state index in [1.54, 1.807) is 0 Å². The van der Waals surface area contributed by atoms with Crippen LogP contribution in [0.1, 0.15) is 24.5 Å². The summed E-state index contributed by atoms with van der Waals surface area (Å²) < 4.78 is 0. The minimum Gasteiger partial charge on any atom is -0.311 e. The van der Waals surface area contributed by atoms with Crippen LogP contribution in [-0.4, -0.2) is 16.2 Å². The highest BCUT2D eigenvalue weighted by Crippen LogP contribution is 2.37. The highest BCUT2D eigenvalue weighted by molar-refractivity contribution is 5.79. The Kier molecular flexibility index (Phi) is 1.80. The number of aromatic nitrogens is 2. The zero-order valence-corrected chi connectivity index (χ0v) is 8.18. The third kappa shape index (κ3) is 1.25. The molecule has 0 amide bonds. The number of nitrogens with one attached hydrogen (secondary N) is 1. The van der Waals surface area contributed by atoms with Crippen LogP contribution in [-0.2, 0) is 0 Å². The number of nitrogens with zero attached hydrogens (tertiary/aromatic N) is 2. The Hall–Kier alpha value is -1.71. The van der Waals surface area contributed by atoms with Gasteiger partial charge in [0, 0.05) is 12.1 Å². The Morgan fingerprint density at radius 2 is 2.13 bits per heavy atom. The predicted molar refractivity (Wildman–Crippen MR) is 57.6 cm³/mol. The molecule has 0 saturated carbocycles. The molecule has 0 bridgehead atoms. The Bertz CT molecular complexity index is 493. The van der Waals surface area contributed by atoms with Crippen molar-refractivity contribution in [3.63, 3.8) is 0 Å². The topological polar surface area (TPSA) is 58.1 Å². The first-order valence-corrected chi connectivity index (χ1v) is 5.13. The fourth-order valence-electron chi connectivity index (χ4n) is 2.28. The standard InChI is InChI=1S/C11H11N3O/c15-11-10-9(13-6-14-11)8(5-12-10)7-3-1-2-4-7/h1-2,5-8H,3-4H2,(H,13,14,15). The zero-order valence-electron chi connectivity index (χ0n) is 8.18. The molecule has 1 aliphatic carbocycles. The summed E-state index contributed by atoms with van der Waals surface area (Å²) in [4.78, 5) is 22.4. The van der Waals surface area contributed by atoms with Crippen LogP contribution in [0.5, 0.6) is 0 Å². The summed E-state index contributed by atoms with van der Waals surface area (Å²) in [5, 5.41) is 0. The third-order valence-corrected chi connectivity index (χ3v) is 3.09. The Labute approximate surface area is 86.8 Å². The number of aromatic amines is 1. The van der Waals surface area contributed by atoms with Crippen molar-refractivity contribution >= 4 is 11.9 Å². The molecular weight excluding hydrogens is 190 g/mol. The number of fused-ring (bicyclic) bond motifs is 1. The summed E-state index contributed by atoms with van der Waals surface area (Å²) in [6.45, 7) is 0. The fraction of sp³-hybridized carbons (Fsp3) is 0.364. The quantitative estimate of drug-likeness (QED) is 0.700. The van der Waals surface area contributed by atoms with E-state index in [1.165, 1.54) is 6.33 Å². The Morgan fingerprint density at radius 1 is 1.33 bits per heavy atom. The van der Waals surface area contributed by atoms with Crippen LogP contribution in [0, 0.1) is 5.92 Å². The molecule has 1 unspecified atom stereocenters. The van der Waals surface area contributed by atoms with Gasteiger partial charge in [-0.1, -0.05) is 12.2 Å². The van der Waals surface area contributed by atoms with Gasteiger partial charge in [-0.05, 0) is 18.8 Å². The lowest BCUT2D eigenvalue weighted by molar-refractivity contribution is 0.534. The first-order valence-electron chi connectivity index (χ1n) is 5.13. The molecule has 0 saturated heterocycles. The SMILES string of the molecule is O=c1[nH]cnc2c1N=CC2C1CC=CC1. The molecule has 0 radical (unpaired) electrons. The lowest BCUT2D eigenvalue weighted by Gasteiger charge is -2.14. The summed E-state index contributed by atoms with van der Waals surface area (Å²) in [7, 11) is 0. The van der Waals surface area contributed by atoms with Crippen LogP contribution in [0.15, 0.2) is 28.3 Å². The normalized spacial score (nSPS) is 23.6. The predicted octanol–water partition coefficient (Wildman–Crippen LogP) is 1.54. The van der Waals surface area contributed by atoms with E-state index in [-0.39, 0.29) is 11.5 Å². The average Bonchev–Trinajstić information content (AvgIpc) is 2.85. The van der Waals surface area contributed by atoms with Gasteiger partial charge >= 0.3 is 0 Å². The summed E-state index contributed by atoms with van der Waals surface area (Å²) in [5.74, 6) is 0.751. The van der Waals surface area contributed by atoms with Crippen molar-refractivity contribution in [3.8, 4) is 0 Å². The van der Waals surface area contributed by atoms with Crippen LogP contribution >= 0.6 is 0 Å². The van der Waals surface area contributed by atoms with Crippen LogP contribution in [0.2, 0.25) is 0 Å². The maximum Gasteiger partial charge on any atom is 0.276 e. The van der Waals surface area contributed by atoms with Crippen molar-refractivity contribution in [3.05, 3.63) is 34.5 Å². The van der Waals surface area contributed by atoms with E-state index >= 15 is 0 Å². The summed E-state index contributed by atoms with van der Waals surface area (Å²) in [6.07, 6.45) is 9.82. The molecule has 3 rings (SSSR count). The van der Waals surface area contributed by atoms with Gasteiger partial charge in [0.05, 0.1) is 12.0 Å². The summed E-state index contributed by atoms with van der Waals surface area (Å²) in [6, 6.07) is 0. The summed E-state index contributed by atoms with van der Waals surface area (Å²) >= 11 is 0. The highest BCUT2D eigenvalue weighted by atomic mass is 16.1. The van der Waals surface area contributed by atoms with E-state index in [4.69, 9.17) is 0 Å². The molecule has 2 aliphatic rings. The first kappa shape index (κ1) is 8.59. The van der Waals surface area contributed by atoms with Gasteiger partial charge in [0.2, 0.25) is 0 Å². The fourth-order valence-corrected chi connectivity index (χ4v) is 2.28. The van der Waals surface area contributed by atoms with Crippen LogP contribution < -0.4 is 5.56 Å². The lowest BCUT2D eigenvalue weighted by atomic mass is 9.89. The largest absolute Gasteiger partial charge is 0.311 e. The monoisotopic (exact) mass is 201 g/mol. The molecule has 1 aliphatic heterocycles. The minimum atomic E-state index is -0.135. The molecule has 1 aromatic heterocycles. The molecular formula is C11H11N3O. The smallest absolute Gasteiger partial charge is 0.276 e. The summed E-state index contributed by atoms with van der Waals surface area (Å²) in [5.41, 5.74) is 1.20. The molecule has 2 heterocycles. The van der Waals surface area contributed by atoms with Crippen molar-refractivity contribution in [2.75, 3.05) is 0 Å². The molecule has 1 N–H and O–H groups in total. The van der Waals surface area contributed by atoms with Crippen molar-refractivity contribution in [2.45, 2.75) is 18.8 Å². The molecule has 4 heteroatoms. The molecule has 76 valence electrons. The molecule has 0 fully saturated rings. The third-order valence-electron chi connectivity index (χ3n) is 3.09. The number of H-pyrrole nitrogens is 1. The van der Waals surface area contributed by atoms with Gasteiger partial charge in [0.1, 0.15) is 5.69 Å². The van der Waals surface area contributed by atoms with Crippen molar-refractivity contribution in [1.82, 2.24) is 9.97 Å². The second-order valence-corrected chi connectivity index (χ2v) is 3.97. The highest BCUT2D eigenvalue weighted by Gasteiger charge is 2.30. The first-order chi connectivity index (χ1) is 7.36. The van der Waals surface area contributed by atoms with Gasteiger partial charge in [0.15, 0.2) is 0 Å². The second-order valence-electron chi connectivity index (χ2n) is 3.97. The molecule has 0 aromatic carbocycles. The van der Waals surface area contributed by atoms with Gasteiger partial charge in [-0.15, -0.1) is 0 Å². The zero-order chi connectivity index (χ0) is 10.3. The maximum atomic E-state index is 11.4. The van der Waals surface area contributed by atoms with Crippen molar-refractivity contribution in [2.24, 2.45) is 10.9 Å². The minimum absolute atomic E-state index is 0.135. The van der Waals surface area contributed by atoms with Crippen LogP contribution in [0.25, 0.3) is 0 Å². The average molecular weight is 201 g/mol. The molecule has 1 aromatic rings. The van der Waals surface area contributed by atoms with Crippen molar-refractivity contribution in [1.29, 1.82) is 0 Å². The second kappa shape index (κ2) is 3.15. The van der Waals surface area contributed by atoms with Crippen LogP contribution in [0.4, 0.5) is 5.69 Å². The maximum absolute atomic E-state index is 11.4. The van der Waals surface area contributed by atoms with E-state index in [9.17, 15) is 4.79 Å². The number of hydrogen-bond donors (Lipinski definition) is 1. The van der Waals surface area contributed by atoms with Gasteiger partial charge in [-0.2, -0.15) is 0 Å². The van der Waals surface area contributed by atoms with Crippen LogP contribution in [0.3, 0.4) is 0 Å². The molecule has 4 nitrogen and oxygen atoms in total. The van der Waals surface area contributed by atoms with Gasteiger partial charge < -0.3 is 4.98 Å². The van der Waals surface area contributed by atoms with E-state index in [0.29, 0.717) is 11.6 Å². The van der Waals surface area contributed by atoms with Gasteiger partial charge in [0.25, 0.3) is 5.56 Å². The van der Waals surface area contributed by atoms with Crippen molar-refractivity contribution < 1.29 is 0 Å². The van der Waals surface area contributed by atoms with Gasteiger partial charge in [-0.25, -0.2) is 4.98 Å². The number of hydrogen-bond acceptors (Lipinski definition) is 3. The van der Waals surface area contributed by atoms with Gasteiger partial charge in [-0.3, -0.25) is 9.79 Å². The lowest BCUT2D eigenvalue weighted by Crippen LogP contribution is -2.13. The van der Waals surface area contributed by atoms with E-state index < -0.39 is 0 Å². The Morgan fingerprint density at radius 3 is 2.93 bits per heavy atom. The van der Waals surface area contributed by atoms with E-state index in [0.717, 1.165) is 18.5 Å². The number of allylic oxidation sites excluding steroid dienone is 2.